The van der Waals surface area contributed by atoms with Crippen LogP contribution in [0.1, 0.15) is 0 Å². The number of anilines is 1. The van der Waals surface area contributed by atoms with Gasteiger partial charge in [0.25, 0.3) is 0 Å². The smallest absolute Gasteiger partial charge is 0.321 e. The molecule has 0 spiro atoms. The van der Waals surface area contributed by atoms with Crippen molar-refractivity contribution < 1.29 is 10.6 Å². The first-order valence-electron chi connectivity index (χ1n) is 6.62. The lowest BCUT2D eigenvalue weighted by Gasteiger charge is -2.18. The molecule has 2 heterocycles. The van der Waals surface area contributed by atoms with E-state index in [1.165, 1.54) is 6.07 Å². The maximum absolute atomic E-state index is 13.5. The Labute approximate surface area is 107 Å². The molecule has 2 aliphatic rings. The number of carbonyl (C=O) groups is 1. The SMILES string of the molecule is [2H]N1CC2CN(C(=O)Nc3ccccc3F)CC2C1. The van der Waals surface area contributed by atoms with E-state index in [9.17, 15) is 9.18 Å². The second kappa shape index (κ2) is 4.57. The molecule has 0 radical (unpaired) electrons. The van der Waals surface area contributed by atoms with E-state index in [4.69, 9.17) is 1.41 Å². The summed E-state index contributed by atoms with van der Waals surface area (Å²) in [7, 11) is 0. The number of benzene rings is 1. The molecule has 96 valence electrons. The lowest BCUT2D eigenvalue weighted by Crippen LogP contribution is -2.35. The third kappa shape index (κ3) is 2.06. The van der Waals surface area contributed by atoms with Crippen molar-refractivity contribution in [1.82, 2.24) is 10.2 Å². The molecule has 3 rings (SSSR count). The Morgan fingerprint density at radius 3 is 2.72 bits per heavy atom. The lowest BCUT2D eigenvalue weighted by molar-refractivity contribution is 0.219. The second-order valence-corrected chi connectivity index (χ2v) is 4.92. The van der Waals surface area contributed by atoms with Crippen LogP contribution in [0.15, 0.2) is 24.3 Å². The topological polar surface area (TPSA) is 44.4 Å². The van der Waals surface area contributed by atoms with Gasteiger partial charge in [-0.15, -0.1) is 0 Å². The van der Waals surface area contributed by atoms with Crippen LogP contribution in [-0.2, 0) is 0 Å². The third-order valence-electron chi connectivity index (χ3n) is 3.71. The number of hydrogen-bond donors (Lipinski definition) is 2. The molecule has 1 aromatic carbocycles. The number of likely N-dealkylation sites (tertiary alicyclic amines) is 1. The van der Waals surface area contributed by atoms with Crippen LogP contribution in [0.4, 0.5) is 14.9 Å². The number of nitrogens with zero attached hydrogens (tertiary/aromatic N) is 1. The highest BCUT2D eigenvalue weighted by molar-refractivity contribution is 5.89. The van der Waals surface area contributed by atoms with Gasteiger partial charge in [-0.25, -0.2) is 9.18 Å². The van der Waals surface area contributed by atoms with Crippen LogP contribution in [0.25, 0.3) is 0 Å². The van der Waals surface area contributed by atoms with E-state index in [1.807, 2.05) is 0 Å². The maximum Gasteiger partial charge on any atom is 0.321 e. The molecule has 0 aliphatic carbocycles. The molecule has 0 saturated carbocycles. The highest BCUT2D eigenvalue weighted by Crippen LogP contribution is 2.26. The number of urea groups is 1. The standard InChI is InChI=1S/C13H16FN3O/c14-11-3-1-2-4-12(11)16-13(18)17-7-9-5-15-6-10(9)8-17/h1-4,9-10,15H,5-8H2,(H,16,18)/i/hD. The number of carbonyl (C=O) groups excluding carboxylic acids is 1. The van der Waals surface area contributed by atoms with Gasteiger partial charge in [-0.3, -0.25) is 0 Å². The summed E-state index contributed by atoms with van der Waals surface area (Å²) in [5.74, 6) is 0.334. The van der Waals surface area contributed by atoms with Crippen molar-refractivity contribution in [2.24, 2.45) is 11.8 Å². The Bertz CT molecular complexity index is 485. The van der Waals surface area contributed by atoms with Crippen LogP contribution in [0.2, 0.25) is 1.41 Å². The van der Waals surface area contributed by atoms with Crippen molar-refractivity contribution in [3.8, 4) is 0 Å². The fraction of sp³-hybridized carbons (Fsp3) is 0.462. The maximum atomic E-state index is 13.5. The minimum atomic E-state index is -0.424. The predicted octanol–water partition coefficient (Wildman–Crippen LogP) is 1.51. The van der Waals surface area contributed by atoms with E-state index in [-0.39, 0.29) is 11.7 Å². The fourth-order valence-electron chi connectivity index (χ4n) is 2.68. The van der Waals surface area contributed by atoms with Crippen molar-refractivity contribution in [3.05, 3.63) is 30.1 Å². The first-order valence-corrected chi connectivity index (χ1v) is 6.18. The normalized spacial score (nSPS) is 28.1. The molecule has 0 bridgehead atoms. The molecule has 5 heteroatoms. The number of para-hydroxylation sites is 1. The molecule has 1 aromatic rings. The highest BCUT2D eigenvalue weighted by Gasteiger charge is 2.38. The van der Waals surface area contributed by atoms with Crippen molar-refractivity contribution >= 4 is 11.7 Å². The monoisotopic (exact) mass is 250 g/mol. The van der Waals surface area contributed by atoms with E-state index < -0.39 is 5.82 Å². The number of nitrogens with one attached hydrogen (secondary N) is 2. The number of fused-ring (bicyclic) bond motifs is 1. The number of hydrogen-bond acceptors (Lipinski definition) is 2. The van der Waals surface area contributed by atoms with Gasteiger partial charge in [-0.2, -0.15) is 0 Å². The molecular weight excluding hydrogens is 233 g/mol. The highest BCUT2D eigenvalue weighted by atomic mass is 19.1. The third-order valence-corrected chi connectivity index (χ3v) is 3.71. The number of halogens is 1. The van der Waals surface area contributed by atoms with Crippen LogP contribution >= 0.6 is 0 Å². The minimum Gasteiger partial charge on any atom is -0.324 e. The largest absolute Gasteiger partial charge is 0.324 e. The van der Waals surface area contributed by atoms with Gasteiger partial charge in [0.05, 0.1) is 5.69 Å². The summed E-state index contributed by atoms with van der Waals surface area (Å²) in [5, 5.41) is 4.16. The molecule has 0 aromatic heterocycles. The van der Waals surface area contributed by atoms with Gasteiger partial charge in [0, 0.05) is 26.2 Å². The molecule has 2 unspecified atom stereocenters. The lowest BCUT2D eigenvalue weighted by atomic mass is 10.0. The Hall–Kier alpha value is -1.62. The molecule has 2 N–H and O–H groups in total. The van der Waals surface area contributed by atoms with Crippen LogP contribution in [0.3, 0.4) is 0 Å². The molecule has 4 nitrogen and oxygen atoms in total. The van der Waals surface area contributed by atoms with Crippen molar-refractivity contribution in [2.45, 2.75) is 0 Å². The van der Waals surface area contributed by atoms with E-state index in [2.05, 4.69) is 5.32 Å². The van der Waals surface area contributed by atoms with Crippen LogP contribution in [0.5, 0.6) is 0 Å². The summed E-state index contributed by atoms with van der Waals surface area (Å²) in [4.78, 5) is 13.8. The summed E-state index contributed by atoms with van der Waals surface area (Å²) in [6.07, 6.45) is 0. The Balaban J connectivity index is 1.62. The van der Waals surface area contributed by atoms with Crippen molar-refractivity contribution in [1.29, 1.82) is 0 Å². The summed E-state index contributed by atoms with van der Waals surface area (Å²) in [6.45, 7) is 2.74. The predicted molar refractivity (Wildman–Crippen MR) is 66.8 cm³/mol. The Kier molecular flexibility index (Phi) is 2.62. The summed E-state index contributed by atoms with van der Waals surface area (Å²) < 4.78 is 21.0. The first kappa shape index (κ1) is 10.3. The van der Waals surface area contributed by atoms with Gasteiger partial charge in [-0.05, 0) is 24.0 Å². The van der Waals surface area contributed by atoms with Crippen LogP contribution in [-0.4, -0.2) is 37.1 Å². The van der Waals surface area contributed by atoms with Crippen molar-refractivity contribution in [3.63, 3.8) is 0 Å². The molecular formula is C13H16FN3O. The van der Waals surface area contributed by atoms with Crippen LogP contribution in [0, 0.1) is 17.7 Å². The van der Waals surface area contributed by atoms with Crippen LogP contribution < -0.4 is 10.6 Å². The Morgan fingerprint density at radius 1 is 1.39 bits per heavy atom. The zero-order valence-corrected chi connectivity index (χ0v) is 9.97. The summed E-state index contributed by atoms with van der Waals surface area (Å²) in [5.41, 5.74) is 0.215. The van der Waals surface area contributed by atoms with Gasteiger partial charge in [0.15, 0.2) is 0 Å². The Morgan fingerprint density at radius 2 is 2.06 bits per heavy atom. The number of rotatable bonds is 1. The summed E-state index contributed by atoms with van der Waals surface area (Å²) in [6, 6.07) is 5.90. The molecule has 2 amide bonds. The fourth-order valence-corrected chi connectivity index (χ4v) is 2.68. The van der Waals surface area contributed by atoms with E-state index in [0.717, 1.165) is 0 Å². The van der Waals surface area contributed by atoms with Crippen molar-refractivity contribution in [2.75, 3.05) is 31.5 Å². The molecule has 2 aliphatic heterocycles. The average Bonchev–Trinajstić information content (AvgIpc) is 2.89. The quantitative estimate of drug-likeness (QED) is 0.793. The van der Waals surface area contributed by atoms with E-state index in [0.29, 0.717) is 38.0 Å². The summed E-state index contributed by atoms with van der Waals surface area (Å²) >= 11 is 0. The molecule has 2 atom stereocenters. The van der Waals surface area contributed by atoms with Gasteiger partial charge in [0.2, 0.25) is 0 Å². The minimum absolute atomic E-state index is 0.215. The average molecular weight is 250 g/mol. The van der Waals surface area contributed by atoms with Gasteiger partial charge in [0.1, 0.15) is 7.23 Å². The molecule has 18 heavy (non-hydrogen) atoms. The zero-order valence-electron chi connectivity index (χ0n) is 11.0. The van der Waals surface area contributed by atoms with E-state index in [1.54, 1.807) is 28.4 Å². The molecule has 2 saturated heterocycles. The number of amides is 2. The second-order valence-electron chi connectivity index (χ2n) is 4.92. The van der Waals surface area contributed by atoms with E-state index >= 15 is 0 Å². The zero-order chi connectivity index (χ0) is 13.4. The van der Waals surface area contributed by atoms with Gasteiger partial charge in [-0.1, -0.05) is 12.1 Å². The first-order chi connectivity index (χ1) is 9.13. The molecule has 2 fully saturated rings. The van der Waals surface area contributed by atoms with Gasteiger partial charge >= 0.3 is 6.03 Å². The van der Waals surface area contributed by atoms with Gasteiger partial charge < -0.3 is 15.5 Å².